The summed E-state index contributed by atoms with van der Waals surface area (Å²) in [5, 5.41) is 7.65. The van der Waals surface area contributed by atoms with Gasteiger partial charge < -0.3 is 19.3 Å². The van der Waals surface area contributed by atoms with Crippen molar-refractivity contribution in [2.24, 2.45) is 10.9 Å². The maximum atomic E-state index is 13.0. The van der Waals surface area contributed by atoms with Crippen molar-refractivity contribution in [1.82, 2.24) is 10.5 Å². The number of aromatic nitrogens is 1. The van der Waals surface area contributed by atoms with E-state index >= 15 is 0 Å². The smallest absolute Gasteiger partial charge is 0.359 e. The molecule has 2 heterocycles. The van der Waals surface area contributed by atoms with Gasteiger partial charge in [-0.25, -0.2) is 9.79 Å². The van der Waals surface area contributed by atoms with E-state index in [0.717, 1.165) is 12.8 Å². The average Bonchev–Trinajstić information content (AvgIpc) is 3.52. The van der Waals surface area contributed by atoms with E-state index in [1.165, 1.54) is 48.9 Å². The molecule has 7 heteroatoms. The Balaban J connectivity index is 1.43. The van der Waals surface area contributed by atoms with Gasteiger partial charge in [0, 0.05) is 17.7 Å². The summed E-state index contributed by atoms with van der Waals surface area (Å²) >= 11 is 0. The largest absolute Gasteiger partial charge is 0.463 e. The van der Waals surface area contributed by atoms with E-state index in [1.54, 1.807) is 18.6 Å². The lowest BCUT2D eigenvalue weighted by molar-refractivity contribution is -0.162. The van der Waals surface area contributed by atoms with Crippen LogP contribution in [0, 0.1) is 5.92 Å². The number of carbonyl (C=O) groups is 1. The number of aliphatic imine (C=N–C) groups is 1. The lowest BCUT2D eigenvalue weighted by Gasteiger charge is -2.28. The van der Waals surface area contributed by atoms with Gasteiger partial charge in [-0.2, -0.15) is 0 Å². The minimum atomic E-state index is -1.41. The minimum Gasteiger partial charge on any atom is -0.463 e. The molecular formula is C24H31N3O4. The molecule has 2 unspecified atom stereocenters. The molecule has 1 aromatic heterocycles. The standard InChI is InChI=1S/C24H31N3O4/c1-4-29-22(28)24(20-12-19(14(2)3)31-27-20)13-25-23(30-24)26-21-17-9-5-7-15(17)11-16-8-6-10-18(16)21/h12,14-15H,4-11,13H2,1-3H3,(H,25,26). The predicted octanol–water partition coefficient (Wildman–Crippen LogP) is 4.47. The highest BCUT2D eigenvalue weighted by Crippen LogP contribution is 2.48. The van der Waals surface area contributed by atoms with Crippen LogP contribution >= 0.6 is 0 Å². The zero-order chi connectivity index (χ0) is 21.6. The molecule has 5 rings (SSSR count). The molecular weight excluding hydrogens is 394 g/mol. The van der Waals surface area contributed by atoms with Crippen molar-refractivity contribution >= 4 is 12.0 Å². The van der Waals surface area contributed by atoms with Gasteiger partial charge in [-0.3, -0.25) is 0 Å². The van der Waals surface area contributed by atoms with Gasteiger partial charge >= 0.3 is 5.97 Å². The van der Waals surface area contributed by atoms with Gasteiger partial charge in [-0.05, 0) is 68.9 Å². The maximum Gasteiger partial charge on any atom is 0.359 e. The van der Waals surface area contributed by atoms with Gasteiger partial charge in [0.05, 0.1) is 6.61 Å². The molecule has 4 aliphatic rings. The first-order valence-corrected chi connectivity index (χ1v) is 11.6. The lowest BCUT2D eigenvalue weighted by atomic mass is 9.84. The Morgan fingerprint density at radius 3 is 2.97 bits per heavy atom. The van der Waals surface area contributed by atoms with Crippen molar-refractivity contribution in [2.45, 2.75) is 77.2 Å². The third kappa shape index (κ3) is 3.38. The summed E-state index contributed by atoms with van der Waals surface area (Å²) < 4.78 is 17.1. The molecule has 0 spiro atoms. The highest BCUT2D eigenvalue weighted by atomic mass is 16.6. The summed E-state index contributed by atoms with van der Waals surface area (Å²) in [5.74, 6) is 1.01. The minimum absolute atomic E-state index is 0.121. The number of hydrogen-bond acceptors (Lipinski definition) is 7. The van der Waals surface area contributed by atoms with Crippen LogP contribution in [0.1, 0.15) is 83.1 Å². The van der Waals surface area contributed by atoms with Crippen LogP contribution in [0.2, 0.25) is 0 Å². The molecule has 0 bridgehead atoms. The fraction of sp³-hybridized carbons (Fsp3) is 0.625. The normalized spacial score (nSPS) is 27.4. The Kier molecular flexibility index (Phi) is 5.15. The number of hydrogen-bond donors (Lipinski definition) is 1. The maximum absolute atomic E-state index is 13.0. The van der Waals surface area contributed by atoms with Crippen LogP contribution < -0.4 is 5.32 Å². The summed E-state index contributed by atoms with van der Waals surface area (Å²) in [4.78, 5) is 17.6. The van der Waals surface area contributed by atoms with Gasteiger partial charge in [0.2, 0.25) is 0 Å². The van der Waals surface area contributed by atoms with Crippen LogP contribution in [0.15, 0.2) is 38.0 Å². The number of nitrogens with zero attached hydrogens (tertiary/aromatic N) is 2. The van der Waals surface area contributed by atoms with E-state index in [4.69, 9.17) is 14.0 Å². The second kappa shape index (κ2) is 7.84. The second-order valence-corrected chi connectivity index (χ2v) is 9.29. The van der Waals surface area contributed by atoms with Crippen molar-refractivity contribution in [3.8, 4) is 0 Å². The Morgan fingerprint density at radius 2 is 2.19 bits per heavy atom. The van der Waals surface area contributed by atoms with Gasteiger partial charge in [-0.15, -0.1) is 0 Å². The number of fused-ring (bicyclic) bond motifs is 1. The van der Waals surface area contributed by atoms with Crippen molar-refractivity contribution in [2.75, 3.05) is 13.2 Å². The third-order valence-corrected chi connectivity index (χ3v) is 7.00. The van der Waals surface area contributed by atoms with Crippen molar-refractivity contribution < 1.29 is 18.8 Å². The van der Waals surface area contributed by atoms with Gasteiger partial charge in [0.15, 0.2) is 0 Å². The summed E-state index contributed by atoms with van der Waals surface area (Å²) in [5.41, 5.74) is 4.74. The van der Waals surface area contributed by atoms with Gasteiger partial charge in [-0.1, -0.05) is 24.6 Å². The molecule has 1 aromatic rings. The molecule has 1 aliphatic heterocycles. The predicted molar refractivity (Wildman–Crippen MR) is 115 cm³/mol. The SMILES string of the molecule is CCOC(=O)C1(c2cc(C(C)C)on2)CN=C(NC2=C3CCCC3CC3=C2CCC3)O1. The van der Waals surface area contributed by atoms with Gasteiger partial charge in [0.25, 0.3) is 11.6 Å². The number of rotatable bonds is 5. The van der Waals surface area contributed by atoms with Gasteiger partial charge in [0.1, 0.15) is 18.0 Å². The van der Waals surface area contributed by atoms with Crippen LogP contribution in [0.5, 0.6) is 0 Å². The van der Waals surface area contributed by atoms with Crippen molar-refractivity contribution in [3.05, 3.63) is 39.9 Å². The number of ether oxygens (including phenoxy) is 2. The first-order valence-electron chi connectivity index (χ1n) is 11.6. The van der Waals surface area contributed by atoms with Crippen LogP contribution in [-0.2, 0) is 19.9 Å². The van der Waals surface area contributed by atoms with E-state index in [1.807, 2.05) is 13.8 Å². The summed E-state index contributed by atoms with van der Waals surface area (Å²) in [6.07, 6.45) is 8.35. The fourth-order valence-corrected chi connectivity index (χ4v) is 5.38. The fourth-order valence-electron chi connectivity index (χ4n) is 5.38. The molecule has 7 nitrogen and oxygen atoms in total. The molecule has 31 heavy (non-hydrogen) atoms. The molecule has 0 amide bonds. The molecule has 3 aliphatic carbocycles. The Labute approximate surface area is 182 Å². The highest BCUT2D eigenvalue weighted by molar-refractivity contribution is 5.89. The Bertz CT molecular complexity index is 987. The topological polar surface area (TPSA) is 86.0 Å². The molecule has 0 radical (unpaired) electrons. The number of carbonyl (C=O) groups excluding carboxylic acids is 1. The number of esters is 1. The number of allylic oxidation sites excluding steroid dienone is 3. The van der Waals surface area contributed by atoms with E-state index in [-0.39, 0.29) is 19.1 Å². The quantitative estimate of drug-likeness (QED) is 0.701. The van der Waals surface area contributed by atoms with E-state index in [9.17, 15) is 4.79 Å². The Morgan fingerprint density at radius 1 is 1.32 bits per heavy atom. The van der Waals surface area contributed by atoms with Crippen LogP contribution in [0.3, 0.4) is 0 Å². The highest BCUT2D eigenvalue weighted by Gasteiger charge is 2.52. The monoisotopic (exact) mass is 425 g/mol. The molecule has 166 valence electrons. The number of amidine groups is 1. The van der Waals surface area contributed by atoms with Crippen molar-refractivity contribution in [1.29, 1.82) is 0 Å². The summed E-state index contributed by atoms with van der Waals surface area (Å²) in [7, 11) is 0. The molecule has 0 saturated heterocycles. The first kappa shape index (κ1) is 20.3. The molecule has 1 fully saturated rings. The average molecular weight is 426 g/mol. The third-order valence-electron chi connectivity index (χ3n) is 7.00. The summed E-state index contributed by atoms with van der Waals surface area (Å²) in [6.45, 7) is 6.20. The van der Waals surface area contributed by atoms with Crippen LogP contribution in [0.4, 0.5) is 0 Å². The number of nitrogens with one attached hydrogen (secondary N) is 1. The zero-order valence-corrected chi connectivity index (χ0v) is 18.6. The second-order valence-electron chi connectivity index (χ2n) is 9.29. The molecule has 0 aromatic carbocycles. The molecule has 1 saturated carbocycles. The van der Waals surface area contributed by atoms with Crippen LogP contribution in [0.25, 0.3) is 0 Å². The zero-order valence-electron chi connectivity index (χ0n) is 18.6. The van der Waals surface area contributed by atoms with Crippen LogP contribution in [-0.4, -0.2) is 30.3 Å². The lowest BCUT2D eigenvalue weighted by Crippen LogP contribution is -2.43. The first-order chi connectivity index (χ1) is 15.0. The van der Waals surface area contributed by atoms with E-state index in [2.05, 4.69) is 15.5 Å². The Hall–Kier alpha value is -2.57. The van der Waals surface area contributed by atoms with E-state index in [0.29, 0.717) is 23.4 Å². The molecule has 1 N–H and O–H groups in total. The van der Waals surface area contributed by atoms with Crippen molar-refractivity contribution in [3.63, 3.8) is 0 Å². The summed E-state index contributed by atoms with van der Waals surface area (Å²) in [6, 6.07) is 2.16. The van der Waals surface area contributed by atoms with E-state index < -0.39 is 11.6 Å². The molecule has 2 atom stereocenters.